The Hall–Kier alpha value is -4.14. The van der Waals surface area contributed by atoms with Gasteiger partial charge in [-0.15, -0.1) is 0 Å². The molecular weight excluding hydrogens is 430 g/mol. The number of carbonyl (C=O) groups is 2. The van der Waals surface area contributed by atoms with E-state index in [9.17, 15) is 9.59 Å². The topological polar surface area (TPSA) is 110 Å². The van der Waals surface area contributed by atoms with E-state index in [1.165, 1.54) is 0 Å². The van der Waals surface area contributed by atoms with Crippen LogP contribution in [0.15, 0.2) is 73.1 Å². The van der Waals surface area contributed by atoms with Gasteiger partial charge in [-0.1, -0.05) is 36.4 Å². The summed E-state index contributed by atoms with van der Waals surface area (Å²) in [6.45, 7) is 2.40. The Morgan fingerprint density at radius 1 is 0.912 bits per heavy atom. The molecule has 0 atom stereocenters. The lowest BCUT2D eigenvalue weighted by molar-refractivity contribution is 0.0303. The summed E-state index contributed by atoms with van der Waals surface area (Å²) in [6, 6.07) is 19.0. The van der Waals surface area contributed by atoms with Crippen molar-refractivity contribution in [2.45, 2.75) is 0 Å². The van der Waals surface area contributed by atoms with Crippen LogP contribution < -0.4 is 11.3 Å². The summed E-state index contributed by atoms with van der Waals surface area (Å²) in [5, 5.41) is 0.637. The highest BCUT2D eigenvalue weighted by atomic mass is 16.5. The quantitative estimate of drug-likeness (QED) is 0.279. The van der Waals surface area contributed by atoms with Crippen molar-refractivity contribution in [2.75, 3.05) is 26.3 Å². The van der Waals surface area contributed by atoms with E-state index in [2.05, 4.69) is 15.4 Å². The molecule has 0 spiro atoms. The third kappa shape index (κ3) is 4.24. The van der Waals surface area contributed by atoms with Crippen LogP contribution >= 0.6 is 0 Å². The second-order valence-corrected chi connectivity index (χ2v) is 7.98. The molecule has 3 heterocycles. The SMILES string of the molecule is NNC(=O)c1cc(-c2ccc(-c3ccc(C(=O)N4CCOCC4)cc3)cc2)nc2ccncc12. The molecule has 170 valence electrons. The first-order valence-corrected chi connectivity index (χ1v) is 11.0. The van der Waals surface area contributed by atoms with Crippen molar-refractivity contribution in [1.82, 2.24) is 20.3 Å². The van der Waals surface area contributed by atoms with Crippen molar-refractivity contribution in [2.24, 2.45) is 5.84 Å². The number of carbonyl (C=O) groups excluding carboxylic acids is 2. The van der Waals surface area contributed by atoms with Crippen molar-refractivity contribution in [3.8, 4) is 22.4 Å². The van der Waals surface area contributed by atoms with Crippen LogP contribution in [0.2, 0.25) is 0 Å². The number of nitrogens with one attached hydrogen (secondary N) is 1. The van der Waals surface area contributed by atoms with Gasteiger partial charge in [-0.3, -0.25) is 20.0 Å². The van der Waals surface area contributed by atoms with Crippen LogP contribution in [0.3, 0.4) is 0 Å². The maximum Gasteiger partial charge on any atom is 0.265 e. The van der Waals surface area contributed by atoms with Gasteiger partial charge in [0, 0.05) is 42.0 Å². The normalized spacial score (nSPS) is 13.6. The molecule has 0 aliphatic carbocycles. The standard InChI is InChI=1S/C26H23N5O3/c27-30-25(32)21-15-24(29-23-9-10-28-16-22(21)23)19-5-1-17(2-6-19)18-3-7-20(8-4-18)26(33)31-11-13-34-14-12-31/h1-10,15-16H,11-14,27H2,(H,30,32). The third-order valence-electron chi connectivity index (χ3n) is 5.93. The lowest BCUT2D eigenvalue weighted by atomic mass is 10.00. The molecule has 2 aromatic carbocycles. The minimum absolute atomic E-state index is 0.0279. The van der Waals surface area contributed by atoms with E-state index in [-0.39, 0.29) is 5.91 Å². The summed E-state index contributed by atoms with van der Waals surface area (Å²) in [6.07, 6.45) is 3.24. The molecule has 2 amide bonds. The zero-order valence-corrected chi connectivity index (χ0v) is 18.4. The average molecular weight is 454 g/mol. The predicted octanol–water partition coefficient (Wildman–Crippen LogP) is 3.04. The van der Waals surface area contributed by atoms with Crippen LogP contribution in [0.25, 0.3) is 33.3 Å². The summed E-state index contributed by atoms with van der Waals surface area (Å²) in [5.74, 6) is 5.00. The van der Waals surface area contributed by atoms with Crippen LogP contribution in [-0.2, 0) is 4.74 Å². The Morgan fingerprint density at radius 2 is 1.56 bits per heavy atom. The number of hydrazine groups is 1. The van der Waals surface area contributed by atoms with E-state index in [1.54, 1.807) is 24.5 Å². The highest BCUT2D eigenvalue weighted by molar-refractivity contribution is 6.06. The number of nitrogen functional groups attached to an aromatic ring is 1. The van der Waals surface area contributed by atoms with Gasteiger partial charge < -0.3 is 9.64 Å². The smallest absolute Gasteiger partial charge is 0.265 e. The maximum absolute atomic E-state index is 12.7. The molecule has 3 N–H and O–H groups in total. The monoisotopic (exact) mass is 453 g/mol. The lowest BCUT2D eigenvalue weighted by Crippen LogP contribution is -2.40. The second kappa shape index (κ2) is 9.38. The van der Waals surface area contributed by atoms with Crippen LogP contribution in [0.4, 0.5) is 0 Å². The molecule has 1 aliphatic rings. The van der Waals surface area contributed by atoms with Gasteiger partial charge in [-0.05, 0) is 35.4 Å². The van der Waals surface area contributed by atoms with Gasteiger partial charge in [-0.2, -0.15) is 0 Å². The number of morpholine rings is 1. The molecular formula is C26H23N5O3. The molecule has 0 unspecified atom stereocenters. The van der Waals surface area contributed by atoms with E-state index in [0.717, 1.165) is 16.7 Å². The number of hydrogen-bond acceptors (Lipinski definition) is 6. The Kier molecular flexibility index (Phi) is 5.99. The lowest BCUT2D eigenvalue weighted by Gasteiger charge is -2.26. The first-order valence-electron chi connectivity index (χ1n) is 11.0. The average Bonchev–Trinajstić information content (AvgIpc) is 2.92. The Bertz CT molecular complexity index is 1350. The Morgan fingerprint density at radius 3 is 2.24 bits per heavy atom. The van der Waals surface area contributed by atoms with Gasteiger partial charge in [0.25, 0.3) is 11.8 Å². The van der Waals surface area contributed by atoms with Crippen molar-refractivity contribution in [3.05, 3.63) is 84.2 Å². The van der Waals surface area contributed by atoms with Crippen LogP contribution in [0.5, 0.6) is 0 Å². The van der Waals surface area contributed by atoms with Gasteiger partial charge >= 0.3 is 0 Å². The number of fused-ring (bicyclic) bond motifs is 1. The molecule has 8 nitrogen and oxygen atoms in total. The first kappa shape index (κ1) is 21.7. The zero-order chi connectivity index (χ0) is 23.5. The number of nitrogens with two attached hydrogens (primary N) is 1. The fourth-order valence-electron chi connectivity index (χ4n) is 4.07. The van der Waals surface area contributed by atoms with Crippen LogP contribution in [0.1, 0.15) is 20.7 Å². The molecule has 0 saturated carbocycles. The van der Waals surface area contributed by atoms with Crippen LogP contribution in [0, 0.1) is 0 Å². The molecule has 34 heavy (non-hydrogen) atoms. The number of ether oxygens (including phenoxy) is 1. The van der Waals surface area contributed by atoms with Crippen molar-refractivity contribution in [1.29, 1.82) is 0 Å². The van der Waals surface area contributed by atoms with Crippen LogP contribution in [-0.4, -0.2) is 53.0 Å². The first-order chi connectivity index (χ1) is 16.6. The molecule has 5 rings (SSSR count). The fraction of sp³-hybridized carbons (Fsp3) is 0.154. The second-order valence-electron chi connectivity index (χ2n) is 7.98. The Balaban J connectivity index is 1.40. The van der Waals surface area contributed by atoms with Gasteiger partial charge in [0.1, 0.15) is 0 Å². The molecule has 8 heteroatoms. The molecule has 1 saturated heterocycles. The van der Waals surface area contributed by atoms with Gasteiger partial charge in [-0.25, -0.2) is 10.8 Å². The van der Waals surface area contributed by atoms with Crippen molar-refractivity contribution in [3.63, 3.8) is 0 Å². The number of nitrogens with zero attached hydrogens (tertiary/aromatic N) is 3. The van der Waals surface area contributed by atoms with E-state index in [4.69, 9.17) is 10.6 Å². The molecule has 4 aromatic rings. The van der Waals surface area contributed by atoms with Crippen molar-refractivity contribution >= 4 is 22.7 Å². The van der Waals surface area contributed by atoms with Crippen molar-refractivity contribution < 1.29 is 14.3 Å². The largest absolute Gasteiger partial charge is 0.378 e. The predicted molar refractivity (Wildman–Crippen MR) is 129 cm³/mol. The van der Waals surface area contributed by atoms with E-state index in [0.29, 0.717) is 54.0 Å². The molecule has 1 fully saturated rings. The number of aromatic nitrogens is 2. The fourth-order valence-corrected chi connectivity index (χ4v) is 4.07. The van der Waals surface area contributed by atoms with Gasteiger partial charge in [0.2, 0.25) is 0 Å². The van der Waals surface area contributed by atoms with E-state index in [1.807, 2.05) is 53.4 Å². The minimum atomic E-state index is -0.398. The third-order valence-corrected chi connectivity index (χ3v) is 5.93. The summed E-state index contributed by atoms with van der Waals surface area (Å²) in [7, 11) is 0. The van der Waals surface area contributed by atoms with E-state index < -0.39 is 5.91 Å². The molecule has 0 bridgehead atoms. The van der Waals surface area contributed by atoms with Gasteiger partial charge in [0.15, 0.2) is 0 Å². The summed E-state index contributed by atoms with van der Waals surface area (Å²) >= 11 is 0. The summed E-state index contributed by atoms with van der Waals surface area (Å²) in [4.78, 5) is 35.6. The highest BCUT2D eigenvalue weighted by Gasteiger charge is 2.18. The number of amides is 2. The Labute approximate surface area is 196 Å². The summed E-state index contributed by atoms with van der Waals surface area (Å²) in [5.41, 5.74) is 7.49. The van der Waals surface area contributed by atoms with E-state index >= 15 is 0 Å². The maximum atomic E-state index is 12.7. The number of pyridine rings is 2. The molecule has 1 aliphatic heterocycles. The zero-order valence-electron chi connectivity index (χ0n) is 18.4. The molecule has 0 radical (unpaired) electrons. The minimum Gasteiger partial charge on any atom is -0.378 e. The van der Waals surface area contributed by atoms with Gasteiger partial charge in [0.05, 0.1) is 30.0 Å². The highest BCUT2D eigenvalue weighted by Crippen LogP contribution is 2.27. The number of rotatable bonds is 4. The number of hydrogen-bond donors (Lipinski definition) is 2. The number of benzene rings is 2. The molecule has 2 aromatic heterocycles. The summed E-state index contributed by atoms with van der Waals surface area (Å²) < 4.78 is 5.32.